The molecule has 1 aliphatic carbocycles. The van der Waals surface area contributed by atoms with Gasteiger partial charge in [0.25, 0.3) is 0 Å². The minimum atomic E-state index is -0.00289. The molecule has 2 aliphatic rings. The van der Waals surface area contributed by atoms with Crippen LogP contribution in [-0.4, -0.2) is 29.3 Å². The quantitative estimate of drug-likeness (QED) is 0.603. The Hall–Kier alpha value is -1.65. The third kappa shape index (κ3) is 3.17. The Bertz CT molecular complexity index is 599. The molecule has 112 valence electrons. The first-order valence-electron chi connectivity index (χ1n) is 6.93. The maximum Gasteiger partial charge on any atom is 0.128 e. The van der Waals surface area contributed by atoms with Gasteiger partial charge in [0.1, 0.15) is 5.84 Å². The third-order valence-corrected chi connectivity index (χ3v) is 3.95. The molecule has 0 aromatic rings. The second-order valence-corrected chi connectivity index (χ2v) is 5.77. The molecule has 5 heteroatoms. The number of rotatable bonds is 4. The minimum absolute atomic E-state index is 0.00171. The molecule has 1 heterocycles. The molecule has 2 unspecified atom stereocenters. The van der Waals surface area contributed by atoms with Crippen LogP contribution >= 0.6 is 11.6 Å². The van der Waals surface area contributed by atoms with Crippen LogP contribution in [0.3, 0.4) is 0 Å². The molecule has 0 saturated heterocycles. The standard InChI is InChI=1S/C16H20ClN3O/c1-9-7-11(17)8-13-12(5-3-4-6-21)14(10(2)18)16(19)20-15(9)13/h3,5,7-8,13,15,18,21H,4,6H2,1-2H3,(H2,19,20)/b5-3+,18-10?. The van der Waals surface area contributed by atoms with E-state index in [2.05, 4.69) is 5.32 Å². The van der Waals surface area contributed by atoms with E-state index in [4.69, 9.17) is 27.5 Å². The number of allylic oxidation sites excluding steroid dienone is 3. The van der Waals surface area contributed by atoms with Crippen molar-refractivity contribution in [2.45, 2.75) is 26.3 Å². The first kappa shape index (κ1) is 15.7. The zero-order valence-electron chi connectivity index (χ0n) is 12.2. The second kappa shape index (κ2) is 6.41. The Morgan fingerprint density at radius 1 is 1.52 bits per heavy atom. The number of hydrogen-bond donors (Lipinski definition) is 4. The highest BCUT2D eigenvalue weighted by molar-refractivity contribution is 6.31. The highest BCUT2D eigenvalue weighted by atomic mass is 35.5. The molecule has 0 aromatic heterocycles. The summed E-state index contributed by atoms with van der Waals surface area (Å²) >= 11 is 6.18. The largest absolute Gasteiger partial charge is 0.396 e. The van der Waals surface area contributed by atoms with Gasteiger partial charge in [-0.1, -0.05) is 29.8 Å². The maximum absolute atomic E-state index is 8.93. The van der Waals surface area contributed by atoms with Gasteiger partial charge >= 0.3 is 0 Å². The van der Waals surface area contributed by atoms with Crippen LogP contribution in [0.5, 0.6) is 0 Å². The van der Waals surface area contributed by atoms with Gasteiger partial charge in [-0.15, -0.1) is 0 Å². The van der Waals surface area contributed by atoms with E-state index in [1.807, 2.05) is 31.2 Å². The summed E-state index contributed by atoms with van der Waals surface area (Å²) in [6, 6.07) is -0.00289. The van der Waals surface area contributed by atoms with Crippen molar-refractivity contribution in [3.05, 3.63) is 46.1 Å². The van der Waals surface area contributed by atoms with Crippen molar-refractivity contribution >= 4 is 23.1 Å². The van der Waals surface area contributed by atoms with Crippen LogP contribution in [-0.2, 0) is 0 Å². The van der Waals surface area contributed by atoms with Crippen LogP contribution in [0.25, 0.3) is 0 Å². The molecule has 0 radical (unpaired) electrons. The summed E-state index contributed by atoms with van der Waals surface area (Å²) in [5.41, 5.74) is 2.95. The molecule has 0 fully saturated rings. The molecule has 0 saturated carbocycles. The lowest BCUT2D eigenvalue weighted by atomic mass is 9.77. The van der Waals surface area contributed by atoms with E-state index in [1.165, 1.54) is 0 Å². The predicted octanol–water partition coefficient (Wildman–Crippen LogP) is 2.91. The minimum Gasteiger partial charge on any atom is -0.396 e. The molecule has 0 amide bonds. The first-order chi connectivity index (χ1) is 9.95. The van der Waals surface area contributed by atoms with Crippen LogP contribution in [0.15, 0.2) is 46.1 Å². The lowest BCUT2D eigenvalue weighted by Gasteiger charge is -2.37. The van der Waals surface area contributed by atoms with Gasteiger partial charge in [0.15, 0.2) is 0 Å². The van der Waals surface area contributed by atoms with E-state index in [0.29, 0.717) is 22.7 Å². The van der Waals surface area contributed by atoms with E-state index in [0.717, 1.165) is 11.1 Å². The van der Waals surface area contributed by atoms with Crippen molar-refractivity contribution in [1.82, 2.24) is 5.32 Å². The summed E-state index contributed by atoms with van der Waals surface area (Å²) in [5, 5.41) is 28.9. The molecule has 21 heavy (non-hydrogen) atoms. The van der Waals surface area contributed by atoms with Crippen molar-refractivity contribution in [3.8, 4) is 0 Å². The lowest BCUT2D eigenvalue weighted by molar-refractivity contribution is 0.302. The SMILES string of the molecule is CC(=N)C1=C(/C=C/CCO)C2C=C(Cl)C=C(C)C2NC1=N. The predicted molar refractivity (Wildman–Crippen MR) is 87.1 cm³/mol. The summed E-state index contributed by atoms with van der Waals surface area (Å²) < 4.78 is 0. The Morgan fingerprint density at radius 2 is 2.24 bits per heavy atom. The van der Waals surface area contributed by atoms with Crippen LogP contribution in [0.4, 0.5) is 0 Å². The van der Waals surface area contributed by atoms with E-state index in [1.54, 1.807) is 6.92 Å². The summed E-state index contributed by atoms with van der Waals surface area (Å²) in [6.07, 6.45) is 8.21. The van der Waals surface area contributed by atoms with Gasteiger partial charge < -0.3 is 15.8 Å². The molecule has 4 nitrogen and oxygen atoms in total. The summed E-state index contributed by atoms with van der Waals surface area (Å²) in [7, 11) is 0. The number of nitrogens with one attached hydrogen (secondary N) is 3. The van der Waals surface area contributed by atoms with Gasteiger partial charge in [0, 0.05) is 28.8 Å². The number of hydrogen-bond acceptors (Lipinski definition) is 3. The van der Waals surface area contributed by atoms with Gasteiger partial charge in [0.2, 0.25) is 0 Å². The van der Waals surface area contributed by atoms with E-state index in [9.17, 15) is 0 Å². The van der Waals surface area contributed by atoms with Crippen LogP contribution in [0.2, 0.25) is 0 Å². The van der Waals surface area contributed by atoms with Gasteiger partial charge in [0.05, 0.1) is 6.04 Å². The number of aliphatic hydroxyl groups is 1. The number of aliphatic hydroxyl groups excluding tert-OH is 1. The fourth-order valence-corrected chi connectivity index (χ4v) is 3.11. The van der Waals surface area contributed by atoms with Crippen molar-refractivity contribution in [1.29, 1.82) is 10.8 Å². The molecule has 4 N–H and O–H groups in total. The van der Waals surface area contributed by atoms with Gasteiger partial charge in [-0.25, -0.2) is 0 Å². The number of fused-ring (bicyclic) bond motifs is 1. The van der Waals surface area contributed by atoms with Crippen molar-refractivity contribution in [2.75, 3.05) is 6.61 Å². The highest BCUT2D eigenvalue weighted by Gasteiger charge is 2.35. The average Bonchev–Trinajstić information content (AvgIpc) is 2.39. The highest BCUT2D eigenvalue weighted by Crippen LogP contribution is 2.35. The normalized spacial score (nSPS) is 25.4. The molecule has 1 aliphatic heterocycles. The van der Waals surface area contributed by atoms with Crippen LogP contribution in [0, 0.1) is 16.7 Å². The first-order valence-corrected chi connectivity index (χ1v) is 7.31. The fourth-order valence-electron chi connectivity index (χ4n) is 2.80. The molecular formula is C16H20ClN3O. The Kier molecular flexibility index (Phi) is 4.80. The molecule has 0 aromatic carbocycles. The fraction of sp³-hybridized carbons (Fsp3) is 0.375. The van der Waals surface area contributed by atoms with Gasteiger partial charge in [-0.2, -0.15) is 0 Å². The molecule has 0 spiro atoms. The van der Waals surface area contributed by atoms with Crippen LogP contribution < -0.4 is 5.32 Å². The lowest BCUT2D eigenvalue weighted by Crippen LogP contribution is -2.48. The van der Waals surface area contributed by atoms with E-state index in [-0.39, 0.29) is 24.4 Å². The zero-order valence-corrected chi connectivity index (χ0v) is 13.0. The smallest absolute Gasteiger partial charge is 0.128 e. The zero-order chi connectivity index (χ0) is 15.6. The molecule has 0 bridgehead atoms. The van der Waals surface area contributed by atoms with Crippen molar-refractivity contribution in [3.63, 3.8) is 0 Å². The molecule has 2 atom stereocenters. The summed E-state index contributed by atoms with van der Waals surface area (Å²) in [6.45, 7) is 3.76. The Morgan fingerprint density at radius 3 is 2.86 bits per heavy atom. The average molecular weight is 306 g/mol. The Labute approximate surface area is 129 Å². The number of halogens is 1. The van der Waals surface area contributed by atoms with Crippen molar-refractivity contribution < 1.29 is 5.11 Å². The second-order valence-electron chi connectivity index (χ2n) is 5.33. The van der Waals surface area contributed by atoms with E-state index < -0.39 is 0 Å². The summed E-state index contributed by atoms with van der Waals surface area (Å²) in [5.74, 6) is 0.272. The van der Waals surface area contributed by atoms with E-state index >= 15 is 0 Å². The summed E-state index contributed by atoms with van der Waals surface area (Å²) in [4.78, 5) is 0. The molecular weight excluding hydrogens is 286 g/mol. The topological polar surface area (TPSA) is 80.0 Å². The van der Waals surface area contributed by atoms with Gasteiger partial charge in [-0.05, 0) is 37.5 Å². The third-order valence-electron chi connectivity index (χ3n) is 3.72. The monoisotopic (exact) mass is 305 g/mol. The molecule has 2 rings (SSSR count). The van der Waals surface area contributed by atoms with Crippen molar-refractivity contribution in [2.24, 2.45) is 5.92 Å². The van der Waals surface area contributed by atoms with Gasteiger partial charge in [-0.3, -0.25) is 5.41 Å². The number of amidine groups is 1. The Balaban J connectivity index is 2.53. The maximum atomic E-state index is 8.93. The van der Waals surface area contributed by atoms with Crippen LogP contribution in [0.1, 0.15) is 20.3 Å².